The number of pyridine rings is 1. The van der Waals surface area contributed by atoms with E-state index in [0.717, 1.165) is 35.0 Å². The number of nitrogens with one attached hydrogen (secondary N) is 1. The average molecular weight is 473 g/mol. The van der Waals surface area contributed by atoms with Crippen LogP contribution >= 0.6 is 11.3 Å². The summed E-state index contributed by atoms with van der Waals surface area (Å²) in [6.45, 7) is -0.126. The molecule has 0 saturated heterocycles. The lowest BCUT2D eigenvalue weighted by Crippen LogP contribution is -2.32. The highest BCUT2D eigenvalue weighted by Gasteiger charge is 2.26. The van der Waals surface area contributed by atoms with Crippen molar-refractivity contribution in [2.24, 2.45) is 0 Å². The largest absolute Gasteiger partial charge is 0.497 e. The number of hydrogen-bond acceptors (Lipinski definition) is 7. The van der Waals surface area contributed by atoms with Gasteiger partial charge in [-0.05, 0) is 61.2 Å². The Morgan fingerprint density at radius 1 is 1.21 bits per heavy atom. The molecule has 0 aliphatic heterocycles. The summed E-state index contributed by atoms with van der Waals surface area (Å²) in [5, 5.41) is 8.27. The van der Waals surface area contributed by atoms with Gasteiger partial charge in [0.05, 0.1) is 12.5 Å². The SMILES string of the molecule is COc1ccc(NC(=O)Cn2c(=O)n3nc(-c4cccnc4)nc3c3c4c(sc32)CCC4)cc1. The van der Waals surface area contributed by atoms with E-state index in [2.05, 4.69) is 15.4 Å². The second kappa shape index (κ2) is 8.07. The van der Waals surface area contributed by atoms with Gasteiger partial charge in [0.15, 0.2) is 11.5 Å². The Morgan fingerprint density at radius 3 is 2.82 bits per heavy atom. The van der Waals surface area contributed by atoms with Crippen molar-refractivity contribution in [2.75, 3.05) is 12.4 Å². The predicted octanol–water partition coefficient (Wildman–Crippen LogP) is 3.30. The average Bonchev–Trinajstić information content (AvgIpc) is 3.57. The van der Waals surface area contributed by atoms with Gasteiger partial charge in [-0.25, -0.2) is 9.78 Å². The van der Waals surface area contributed by atoms with E-state index in [1.807, 2.05) is 6.07 Å². The van der Waals surface area contributed by atoms with Gasteiger partial charge < -0.3 is 10.1 Å². The molecule has 4 aromatic heterocycles. The zero-order valence-electron chi connectivity index (χ0n) is 18.3. The third-order valence-electron chi connectivity index (χ3n) is 5.99. The number of hydrogen-bond donors (Lipinski definition) is 1. The molecular weight excluding hydrogens is 452 g/mol. The Labute approximate surface area is 197 Å². The van der Waals surface area contributed by atoms with Crippen molar-refractivity contribution in [1.82, 2.24) is 24.1 Å². The van der Waals surface area contributed by atoms with E-state index in [-0.39, 0.29) is 12.5 Å². The van der Waals surface area contributed by atoms with Crippen molar-refractivity contribution in [2.45, 2.75) is 25.8 Å². The maximum absolute atomic E-state index is 13.5. The number of aromatic nitrogens is 5. The molecule has 34 heavy (non-hydrogen) atoms. The van der Waals surface area contributed by atoms with Crippen molar-refractivity contribution < 1.29 is 9.53 Å². The van der Waals surface area contributed by atoms with Crippen LogP contribution in [0.2, 0.25) is 0 Å². The molecular formula is C24H20N6O3S. The maximum atomic E-state index is 13.5. The summed E-state index contributed by atoms with van der Waals surface area (Å²) in [4.78, 5) is 37.3. The van der Waals surface area contributed by atoms with Crippen molar-refractivity contribution in [3.05, 3.63) is 69.7 Å². The monoisotopic (exact) mass is 472 g/mol. The highest BCUT2D eigenvalue weighted by Crippen LogP contribution is 2.38. The van der Waals surface area contributed by atoms with Crippen molar-refractivity contribution >= 4 is 38.8 Å². The van der Waals surface area contributed by atoms with Gasteiger partial charge in [0.25, 0.3) is 0 Å². The van der Waals surface area contributed by atoms with Crippen LogP contribution in [-0.2, 0) is 24.2 Å². The number of amides is 1. The molecule has 0 atom stereocenters. The summed E-state index contributed by atoms with van der Waals surface area (Å²) in [6.07, 6.45) is 6.32. The van der Waals surface area contributed by atoms with Gasteiger partial charge in [0, 0.05) is 28.5 Å². The number of carbonyl (C=O) groups is 1. The van der Waals surface area contributed by atoms with E-state index in [4.69, 9.17) is 9.72 Å². The minimum atomic E-state index is -0.394. The smallest absolute Gasteiger partial charge is 0.352 e. The number of fused-ring (bicyclic) bond motifs is 5. The van der Waals surface area contributed by atoms with E-state index in [1.54, 1.807) is 61.2 Å². The Kier molecular flexibility index (Phi) is 4.88. The van der Waals surface area contributed by atoms with Crippen molar-refractivity contribution in [1.29, 1.82) is 0 Å². The van der Waals surface area contributed by atoms with Crippen LogP contribution in [0.4, 0.5) is 5.69 Å². The Morgan fingerprint density at radius 2 is 2.06 bits per heavy atom. The summed E-state index contributed by atoms with van der Waals surface area (Å²) in [6, 6.07) is 10.7. The highest BCUT2D eigenvalue weighted by molar-refractivity contribution is 7.19. The molecule has 0 spiro atoms. The standard InChI is InChI=1S/C24H20N6O3S/c1-33-16-9-7-15(8-10-16)26-19(31)13-29-23-20(17-5-2-6-18(17)34-23)22-27-21(28-30(22)24(29)32)14-4-3-11-25-12-14/h3-4,7-12H,2,5-6,13H2,1H3,(H,26,31). The number of thiophene rings is 1. The molecule has 6 rings (SSSR count). The first-order valence-corrected chi connectivity index (χ1v) is 11.7. The van der Waals surface area contributed by atoms with Crippen LogP contribution in [0.15, 0.2) is 53.6 Å². The Bertz CT molecular complexity index is 1600. The van der Waals surface area contributed by atoms with Crippen molar-refractivity contribution in [3.63, 3.8) is 0 Å². The quantitative estimate of drug-likeness (QED) is 0.421. The number of benzene rings is 1. The summed E-state index contributed by atoms with van der Waals surface area (Å²) in [5.41, 5.74) is 2.71. The van der Waals surface area contributed by atoms with E-state index in [0.29, 0.717) is 22.9 Å². The van der Waals surface area contributed by atoms with Gasteiger partial charge in [-0.1, -0.05) is 0 Å². The number of anilines is 1. The van der Waals surface area contributed by atoms with Gasteiger partial charge in [-0.15, -0.1) is 16.4 Å². The Balaban J connectivity index is 1.46. The van der Waals surface area contributed by atoms with Gasteiger partial charge in [-0.3, -0.25) is 14.3 Å². The number of rotatable bonds is 5. The third kappa shape index (κ3) is 3.34. The molecule has 1 aliphatic rings. The summed E-state index contributed by atoms with van der Waals surface area (Å²) >= 11 is 1.57. The first kappa shape index (κ1) is 20.5. The minimum absolute atomic E-state index is 0.126. The molecule has 0 bridgehead atoms. The fourth-order valence-corrected chi connectivity index (χ4v) is 5.77. The fraction of sp³-hybridized carbons (Fsp3) is 0.208. The molecule has 9 nitrogen and oxygen atoms in total. The van der Waals surface area contributed by atoms with Crippen LogP contribution in [0.5, 0.6) is 5.75 Å². The Hall–Kier alpha value is -4.05. The van der Waals surface area contributed by atoms with Gasteiger partial charge in [0.2, 0.25) is 5.91 Å². The molecule has 1 aromatic carbocycles. The zero-order valence-corrected chi connectivity index (χ0v) is 19.1. The van der Waals surface area contributed by atoms with Crippen LogP contribution in [0, 0.1) is 0 Å². The predicted molar refractivity (Wildman–Crippen MR) is 130 cm³/mol. The van der Waals surface area contributed by atoms with Crippen LogP contribution < -0.4 is 15.7 Å². The molecule has 0 saturated carbocycles. The first-order chi connectivity index (χ1) is 16.6. The lowest BCUT2D eigenvalue weighted by atomic mass is 10.2. The fourth-order valence-electron chi connectivity index (χ4n) is 4.39. The van der Waals surface area contributed by atoms with Crippen LogP contribution in [-0.4, -0.2) is 37.2 Å². The molecule has 1 N–H and O–H groups in total. The van der Waals surface area contributed by atoms with Gasteiger partial charge in [0.1, 0.15) is 17.1 Å². The molecule has 1 aliphatic carbocycles. The van der Waals surface area contributed by atoms with E-state index in [1.165, 1.54) is 19.5 Å². The highest BCUT2D eigenvalue weighted by atomic mass is 32.1. The lowest BCUT2D eigenvalue weighted by molar-refractivity contribution is -0.116. The molecule has 0 fully saturated rings. The van der Waals surface area contributed by atoms with E-state index < -0.39 is 5.69 Å². The molecule has 5 aromatic rings. The summed E-state index contributed by atoms with van der Waals surface area (Å²) < 4.78 is 7.98. The molecule has 10 heteroatoms. The number of carbonyl (C=O) groups excluding carboxylic acids is 1. The zero-order chi connectivity index (χ0) is 23.2. The molecule has 0 radical (unpaired) electrons. The van der Waals surface area contributed by atoms with Crippen LogP contribution in [0.3, 0.4) is 0 Å². The van der Waals surface area contributed by atoms with E-state index in [9.17, 15) is 9.59 Å². The number of methoxy groups -OCH3 is 1. The molecule has 4 heterocycles. The molecule has 1 amide bonds. The van der Waals surface area contributed by atoms with Crippen molar-refractivity contribution in [3.8, 4) is 17.1 Å². The number of aryl methyl sites for hydroxylation is 2. The summed E-state index contributed by atoms with van der Waals surface area (Å²) in [7, 11) is 1.59. The normalized spacial score (nSPS) is 12.9. The number of nitrogens with zero attached hydrogens (tertiary/aromatic N) is 5. The van der Waals surface area contributed by atoms with Crippen LogP contribution in [0.25, 0.3) is 27.3 Å². The topological polar surface area (TPSA) is 103 Å². The minimum Gasteiger partial charge on any atom is -0.497 e. The number of ether oxygens (including phenoxy) is 1. The van der Waals surface area contributed by atoms with E-state index >= 15 is 0 Å². The van der Waals surface area contributed by atoms with Crippen LogP contribution in [0.1, 0.15) is 16.9 Å². The van der Waals surface area contributed by atoms with Gasteiger partial charge in [-0.2, -0.15) is 4.52 Å². The molecule has 170 valence electrons. The third-order valence-corrected chi connectivity index (χ3v) is 7.30. The second-order valence-electron chi connectivity index (χ2n) is 8.10. The lowest BCUT2D eigenvalue weighted by Gasteiger charge is -2.10. The first-order valence-electron chi connectivity index (χ1n) is 10.9. The molecule has 0 unspecified atom stereocenters. The summed E-state index contributed by atoms with van der Waals surface area (Å²) in [5.74, 6) is 0.837. The maximum Gasteiger partial charge on any atom is 0.352 e. The second-order valence-corrected chi connectivity index (χ2v) is 9.18. The van der Waals surface area contributed by atoms with Gasteiger partial charge >= 0.3 is 5.69 Å².